The van der Waals surface area contributed by atoms with Crippen LogP contribution >= 0.6 is 0 Å². The van der Waals surface area contributed by atoms with Crippen molar-refractivity contribution in [2.24, 2.45) is 5.92 Å². The van der Waals surface area contributed by atoms with E-state index in [1.54, 1.807) is 6.92 Å². The smallest absolute Gasteiger partial charge is 0.238 e. The van der Waals surface area contributed by atoms with Gasteiger partial charge >= 0.3 is 0 Å². The van der Waals surface area contributed by atoms with Crippen LogP contribution in [0.15, 0.2) is 22.6 Å². The van der Waals surface area contributed by atoms with Gasteiger partial charge < -0.3 is 19.2 Å². The number of carbonyl (C=O) groups excluding carboxylic acids is 1. The van der Waals surface area contributed by atoms with Gasteiger partial charge in [-0.25, -0.2) is 0 Å². The van der Waals surface area contributed by atoms with Gasteiger partial charge in [-0.05, 0) is 30.0 Å². The predicted molar refractivity (Wildman–Crippen MR) is 90.5 cm³/mol. The summed E-state index contributed by atoms with van der Waals surface area (Å²) in [6.45, 7) is 6.98. The van der Waals surface area contributed by atoms with E-state index in [0.717, 1.165) is 17.7 Å². The van der Waals surface area contributed by atoms with E-state index in [4.69, 9.17) is 13.9 Å². The fraction of sp³-hybridized carbons (Fsp3) is 0.500. The lowest BCUT2D eigenvalue weighted by molar-refractivity contribution is -0.121. The van der Waals surface area contributed by atoms with Gasteiger partial charge in [0.2, 0.25) is 17.7 Å². The molecule has 0 saturated carbocycles. The lowest BCUT2D eigenvalue weighted by Crippen LogP contribution is -2.31. The molecule has 0 aliphatic carbocycles. The summed E-state index contributed by atoms with van der Waals surface area (Å²) in [5, 5.41) is 10.9. The highest BCUT2D eigenvalue weighted by atomic mass is 16.6. The maximum atomic E-state index is 12.5. The first kappa shape index (κ1) is 17.3. The second-order valence-corrected chi connectivity index (χ2v) is 6.56. The van der Waals surface area contributed by atoms with Crippen molar-refractivity contribution in [3.05, 3.63) is 35.5 Å². The van der Waals surface area contributed by atoms with Gasteiger partial charge in [0.05, 0.1) is 6.42 Å². The molecule has 1 aromatic heterocycles. The second-order valence-electron chi connectivity index (χ2n) is 6.56. The molecule has 7 nitrogen and oxygen atoms in total. The molecule has 1 amide bonds. The summed E-state index contributed by atoms with van der Waals surface area (Å²) in [4.78, 5) is 12.5. The molecule has 0 spiro atoms. The molecule has 1 unspecified atom stereocenters. The van der Waals surface area contributed by atoms with Crippen LogP contribution in [0.5, 0.6) is 11.5 Å². The number of fused-ring (bicyclic) bond motifs is 1. The van der Waals surface area contributed by atoms with Crippen molar-refractivity contribution in [2.75, 3.05) is 13.2 Å². The van der Waals surface area contributed by atoms with Crippen LogP contribution in [0.25, 0.3) is 0 Å². The molecule has 0 bridgehead atoms. The number of aromatic nitrogens is 2. The third kappa shape index (κ3) is 4.49. The Labute approximate surface area is 146 Å². The summed E-state index contributed by atoms with van der Waals surface area (Å²) in [5.74, 6) is 2.62. The monoisotopic (exact) mass is 345 g/mol. The van der Waals surface area contributed by atoms with Crippen LogP contribution in [0.4, 0.5) is 0 Å². The molecule has 1 atom stereocenters. The summed E-state index contributed by atoms with van der Waals surface area (Å²) in [7, 11) is 0. The van der Waals surface area contributed by atoms with E-state index in [-0.39, 0.29) is 18.4 Å². The van der Waals surface area contributed by atoms with Gasteiger partial charge in [0.25, 0.3) is 0 Å². The second kappa shape index (κ2) is 7.55. The number of ether oxygens (including phenoxy) is 2. The molecule has 0 saturated heterocycles. The van der Waals surface area contributed by atoms with Crippen molar-refractivity contribution in [3.8, 4) is 11.5 Å². The lowest BCUT2D eigenvalue weighted by atomic mass is 10.0. The molecule has 3 rings (SSSR count). The van der Waals surface area contributed by atoms with Crippen molar-refractivity contribution >= 4 is 5.91 Å². The van der Waals surface area contributed by atoms with E-state index in [0.29, 0.717) is 36.7 Å². The minimum Gasteiger partial charge on any atom is -0.486 e. The van der Waals surface area contributed by atoms with Crippen molar-refractivity contribution in [2.45, 2.75) is 39.7 Å². The Balaban J connectivity index is 1.67. The summed E-state index contributed by atoms with van der Waals surface area (Å²) < 4.78 is 16.6. The molecule has 1 aromatic carbocycles. The Bertz CT molecular complexity index is 742. The molecule has 134 valence electrons. The van der Waals surface area contributed by atoms with Crippen LogP contribution in [0.2, 0.25) is 0 Å². The SMILES string of the molecule is Cc1nnc(C(CC(C)C)NC(=O)Cc2ccc3c(c2)OCCO3)o1. The summed E-state index contributed by atoms with van der Waals surface area (Å²) >= 11 is 0. The average molecular weight is 345 g/mol. The third-order valence-electron chi connectivity index (χ3n) is 3.85. The molecule has 2 heterocycles. The fourth-order valence-electron chi connectivity index (χ4n) is 2.77. The number of amides is 1. The normalized spacial score (nSPS) is 14.4. The van der Waals surface area contributed by atoms with Crippen molar-refractivity contribution in [1.82, 2.24) is 15.5 Å². The Hall–Kier alpha value is -2.57. The molecule has 2 aromatic rings. The Morgan fingerprint density at radius 1 is 1.20 bits per heavy atom. The zero-order valence-corrected chi connectivity index (χ0v) is 14.7. The molecule has 7 heteroatoms. The van der Waals surface area contributed by atoms with Gasteiger partial charge in [0, 0.05) is 6.92 Å². The largest absolute Gasteiger partial charge is 0.486 e. The van der Waals surface area contributed by atoms with Crippen LogP contribution in [-0.2, 0) is 11.2 Å². The van der Waals surface area contributed by atoms with Crippen LogP contribution in [0.1, 0.15) is 43.7 Å². The molecular formula is C18H23N3O4. The Morgan fingerprint density at radius 3 is 2.64 bits per heavy atom. The van der Waals surface area contributed by atoms with Crippen molar-refractivity contribution < 1.29 is 18.7 Å². The van der Waals surface area contributed by atoms with E-state index < -0.39 is 0 Å². The number of aryl methyl sites for hydroxylation is 1. The molecule has 1 N–H and O–H groups in total. The number of rotatable bonds is 6. The van der Waals surface area contributed by atoms with Gasteiger partial charge in [0.1, 0.15) is 19.3 Å². The summed E-state index contributed by atoms with van der Waals surface area (Å²) in [6.07, 6.45) is 0.979. The fourth-order valence-corrected chi connectivity index (χ4v) is 2.77. The molecule has 1 aliphatic heterocycles. The van der Waals surface area contributed by atoms with Crippen molar-refractivity contribution in [1.29, 1.82) is 0 Å². The highest BCUT2D eigenvalue weighted by Gasteiger charge is 2.22. The third-order valence-corrected chi connectivity index (χ3v) is 3.85. The molecular weight excluding hydrogens is 322 g/mol. The van der Waals surface area contributed by atoms with Gasteiger partial charge in [-0.2, -0.15) is 0 Å². The Kier molecular flexibility index (Phi) is 5.21. The highest BCUT2D eigenvalue weighted by Crippen LogP contribution is 2.31. The van der Waals surface area contributed by atoms with Gasteiger partial charge in [-0.3, -0.25) is 4.79 Å². The van der Waals surface area contributed by atoms with E-state index in [2.05, 4.69) is 29.4 Å². The van der Waals surface area contributed by atoms with Crippen LogP contribution in [0.3, 0.4) is 0 Å². The molecule has 25 heavy (non-hydrogen) atoms. The Morgan fingerprint density at radius 2 is 1.96 bits per heavy atom. The first-order valence-electron chi connectivity index (χ1n) is 8.49. The maximum absolute atomic E-state index is 12.5. The summed E-state index contributed by atoms with van der Waals surface area (Å²) in [6, 6.07) is 5.28. The minimum absolute atomic E-state index is 0.0989. The molecule has 0 radical (unpaired) electrons. The zero-order valence-electron chi connectivity index (χ0n) is 14.7. The average Bonchev–Trinajstić information content (AvgIpc) is 3.00. The number of hydrogen-bond donors (Lipinski definition) is 1. The predicted octanol–water partition coefficient (Wildman–Crippen LogP) is 2.60. The van der Waals surface area contributed by atoms with E-state index >= 15 is 0 Å². The quantitative estimate of drug-likeness (QED) is 0.866. The standard InChI is InChI=1S/C18H23N3O4/c1-11(2)8-14(18-21-20-12(3)25-18)19-17(22)10-13-4-5-15-16(9-13)24-7-6-23-15/h4-5,9,11,14H,6-8,10H2,1-3H3,(H,19,22). The van der Waals surface area contributed by atoms with Gasteiger partial charge in [-0.15, -0.1) is 10.2 Å². The van der Waals surface area contributed by atoms with Crippen LogP contribution in [-0.4, -0.2) is 29.3 Å². The molecule has 1 aliphatic rings. The summed E-state index contributed by atoms with van der Waals surface area (Å²) in [5.41, 5.74) is 0.867. The number of nitrogens with one attached hydrogen (secondary N) is 1. The van der Waals surface area contributed by atoms with Crippen LogP contribution < -0.4 is 14.8 Å². The van der Waals surface area contributed by atoms with Gasteiger partial charge in [0.15, 0.2) is 11.5 Å². The lowest BCUT2D eigenvalue weighted by Gasteiger charge is -2.19. The first-order valence-corrected chi connectivity index (χ1v) is 8.49. The first-order chi connectivity index (χ1) is 12.0. The van der Waals surface area contributed by atoms with E-state index in [1.165, 1.54) is 0 Å². The van der Waals surface area contributed by atoms with E-state index in [1.807, 2.05) is 18.2 Å². The van der Waals surface area contributed by atoms with E-state index in [9.17, 15) is 4.79 Å². The minimum atomic E-state index is -0.286. The number of hydrogen-bond acceptors (Lipinski definition) is 6. The number of nitrogens with zero attached hydrogens (tertiary/aromatic N) is 2. The van der Waals surface area contributed by atoms with Crippen molar-refractivity contribution in [3.63, 3.8) is 0 Å². The molecule has 0 fully saturated rings. The maximum Gasteiger partial charge on any atom is 0.238 e. The zero-order chi connectivity index (χ0) is 17.8. The number of carbonyl (C=O) groups is 1. The topological polar surface area (TPSA) is 86.5 Å². The van der Waals surface area contributed by atoms with Gasteiger partial charge in [-0.1, -0.05) is 19.9 Å². The highest BCUT2D eigenvalue weighted by molar-refractivity contribution is 5.79. The van der Waals surface area contributed by atoms with Crippen LogP contribution in [0, 0.1) is 12.8 Å². The number of benzene rings is 1.